The normalized spacial score (nSPS) is 24.3. The van der Waals surface area contributed by atoms with Crippen LogP contribution in [0.3, 0.4) is 0 Å². The third kappa shape index (κ3) is 2.40. The Bertz CT molecular complexity index is 358. The van der Waals surface area contributed by atoms with E-state index in [0.29, 0.717) is 13.2 Å². The number of carbonyl (C=O) groups is 1. The Morgan fingerprint density at radius 1 is 1.50 bits per heavy atom. The summed E-state index contributed by atoms with van der Waals surface area (Å²) in [6.45, 7) is 3.18. The number of carbonyl (C=O) groups excluding carboxylic acids is 1. The van der Waals surface area contributed by atoms with Gasteiger partial charge in [0.2, 0.25) is 5.72 Å². The number of ether oxygens (including phenoxy) is 2. The number of hydrogen-bond acceptors (Lipinski definition) is 4. The van der Waals surface area contributed by atoms with E-state index in [1.807, 2.05) is 30.3 Å². The molecule has 0 aromatic heterocycles. The summed E-state index contributed by atoms with van der Waals surface area (Å²) < 4.78 is 10.5. The summed E-state index contributed by atoms with van der Waals surface area (Å²) in [6.07, 6.45) is 0. The van der Waals surface area contributed by atoms with Crippen molar-refractivity contribution >= 4 is 5.97 Å². The fourth-order valence-corrected chi connectivity index (χ4v) is 1.59. The van der Waals surface area contributed by atoms with Gasteiger partial charge in [0.05, 0.1) is 6.61 Å². The predicted molar refractivity (Wildman–Crippen MR) is 58.6 cm³/mol. The van der Waals surface area contributed by atoms with Gasteiger partial charge in [0.15, 0.2) is 0 Å². The monoisotopic (exact) mass is 221 g/mol. The minimum Gasteiger partial charge on any atom is -0.458 e. The first kappa shape index (κ1) is 11.1. The van der Waals surface area contributed by atoms with E-state index in [0.717, 1.165) is 5.56 Å². The Labute approximate surface area is 94.6 Å². The van der Waals surface area contributed by atoms with Crippen molar-refractivity contribution in [2.45, 2.75) is 19.3 Å². The molecule has 1 fully saturated rings. The van der Waals surface area contributed by atoms with Crippen LogP contribution in [0.25, 0.3) is 0 Å². The van der Waals surface area contributed by atoms with E-state index < -0.39 is 5.72 Å². The van der Waals surface area contributed by atoms with Gasteiger partial charge in [-0.25, -0.2) is 4.79 Å². The van der Waals surface area contributed by atoms with E-state index in [4.69, 9.17) is 9.47 Å². The lowest BCUT2D eigenvalue weighted by atomic mass is 10.2. The molecule has 2 rings (SSSR count). The quantitative estimate of drug-likeness (QED) is 0.775. The largest absolute Gasteiger partial charge is 0.458 e. The fourth-order valence-electron chi connectivity index (χ4n) is 1.59. The predicted octanol–water partition coefficient (Wildman–Crippen LogP) is 1.07. The Kier molecular flexibility index (Phi) is 3.22. The fraction of sp³-hybridized carbons (Fsp3) is 0.417. The van der Waals surface area contributed by atoms with E-state index >= 15 is 0 Å². The van der Waals surface area contributed by atoms with Crippen molar-refractivity contribution < 1.29 is 14.3 Å². The molecule has 1 aromatic carbocycles. The van der Waals surface area contributed by atoms with Gasteiger partial charge in [0.1, 0.15) is 6.61 Å². The van der Waals surface area contributed by atoms with Gasteiger partial charge in [-0.2, -0.15) is 0 Å². The molecule has 4 heteroatoms. The van der Waals surface area contributed by atoms with Crippen molar-refractivity contribution in [2.75, 3.05) is 13.2 Å². The standard InChI is InChI=1S/C12H15NO3/c1-12(13-7-8-16-12)11(14)15-9-10-5-3-2-4-6-10/h2-6,13H,7-9H2,1H3/t12-/m1/s1. The molecule has 0 radical (unpaired) electrons. The second-order valence-corrected chi connectivity index (χ2v) is 3.87. The highest BCUT2D eigenvalue weighted by Crippen LogP contribution is 2.14. The number of esters is 1. The zero-order valence-electron chi connectivity index (χ0n) is 9.23. The van der Waals surface area contributed by atoms with E-state index in [1.54, 1.807) is 6.92 Å². The molecule has 0 aliphatic carbocycles. The Morgan fingerprint density at radius 3 is 2.88 bits per heavy atom. The average molecular weight is 221 g/mol. The van der Waals surface area contributed by atoms with Crippen LogP contribution in [0.1, 0.15) is 12.5 Å². The molecule has 86 valence electrons. The van der Waals surface area contributed by atoms with Crippen molar-refractivity contribution in [3.8, 4) is 0 Å². The number of rotatable bonds is 3. The zero-order valence-corrected chi connectivity index (χ0v) is 9.23. The van der Waals surface area contributed by atoms with Gasteiger partial charge in [-0.1, -0.05) is 30.3 Å². The van der Waals surface area contributed by atoms with Gasteiger partial charge in [-0.15, -0.1) is 0 Å². The molecule has 1 aliphatic heterocycles. The molecular weight excluding hydrogens is 206 g/mol. The van der Waals surface area contributed by atoms with Crippen LogP contribution in [0.15, 0.2) is 30.3 Å². The van der Waals surface area contributed by atoms with Crippen LogP contribution >= 0.6 is 0 Å². The van der Waals surface area contributed by atoms with E-state index in [9.17, 15) is 4.79 Å². The van der Waals surface area contributed by atoms with Crippen LogP contribution in [-0.2, 0) is 20.9 Å². The summed E-state index contributed by atoms with van der Waals surface area (Å²) in [4.78, 5) is 11.7. The number of hydrogen-bond donors (Lipinski definition) is 1. The summed E-state index contributed by atoms with van der Waals surface area (Å²) in [5.41, 5.74) is -0.00754. The minimum absolute atomic E-state index is 0.278. The van der Waals surface area contributed by atoms with Crippen molar-refractivity contribution in [3.63, 3.8) is 0 Å². The van der Waals surface area contributed by atoms with Crippen LogP contribution in [0, 0.1) is 0 Å². The molecule has 1 saturated heterocycles. The van der Waals surface area contributed by atoms with E-state index in [2.05, 4.69) is 5.32 Å². The smallest absolute Gasteiger partial charge is 0.353 e. The van der Waals surface area contributed by atoms with Gasteiger partial charge in [0, 0.05) is 6.54 Å². The maximum atomic E-state index is 11.7. The lowest BCUT2D eigenvalue weighted by molar-refractivity contribution is -0.168. The summed E-state index contributed by atoms with van der Waals surface area (Å²) in [5, 5.41) is 2.97. The average Bonchev–Trinajstić information content (AvgIpc) is 2.76. The molecule has 1 atom stereocenters. The first-order valence-corrected chi connectivity index (χ1v) is 5.31. The van der Waals surface area contributed by atoms with Gasteiger partial charge >= 0.3 is 5.97 Å². The van der Waals surface area contributed by atoms with Gasteiger partial charge in [0.25, 0.3) is 0 Å². The molecule has 0 bridgehead atoms. The molecule has 1 aromatic rings. The molecule has 4 nitrogen and oxygen atoms in total. The SMILES string of the molecule is C[C@@]1(C(=O)OCc2ccccc2)NCCO1. The lowest BCUT2D eigenvalue weighted by Crippen LogP contribution is -2.46. The maximum absolute atomic E-state index is 11.7. The van der Waals surface area contributed by atoms with Gasteiger partial charge in [-0.3, -0.25) is 5.32 Å². The molecule has 1 heterocycles. The van der Waals surface area contributed by atoms with Crippen LogP contribution in [-0.4, -0.2) is 24.8 Å². The van der Waals surface area contributed by atoms with Gasteiger partial charge in [-0.05, 0) is 12.5 Å². The molecule has 0 spiro atoms. The number of benzene rings is 1. The van der Waals surface area contributed by atoms with E-state index in [-0.39, 0.29) is 12.6 Å². The third-order valence-corrected chi connectivity index (χ3v) is 2.56. The summed E-state index contributed by atoms with van der Waals surface area (Å²) in [7, 11) is 0. The summed E-state index contributed by atoms with van der Waals surface area (Å²) in [6, 6.07) is 9.58. The highest BCUT2D eigenvalue weighted by atomic mass is 16.6. The lowest BCUT2D eigenvalue weighted by Gasteiger charge is -2.21. The highest BCUT2D eigenvalue weighted by molar-refractivity contribution is 5.78. The molecule has 16 heavy (non-hydrogen) atoms. The molecule has 1 aliphatic rings. The topological polar surface area (TPSA) is 47.6 Å². The molecule has 1 N–H and O–H groups in total. The highest BCUT2D eigenvalue weighted by Gasteiger charge is 2.39. The summed E-state index contributed by atoms with van der Waals surface area (Å²) >= 11 is 0. The van der Waals surface area contributed by atoms with Crippen molar-refractivity contribution in [3.05, 3.63) is 35.9 Å². The third-order valence-electron chi connectivity index (χ3n) is 2.56. The second-order valence-electron chi connectivity index (χ2n) is 3.87. The molecule has 0 amide bonds. The zero-order chi connectivity index (χ0) is 11.4. The first-order valence-electron chi connectivity index (χ1n) is 5.31. The Hall–Kier alpha value is -1.39. The minimum atomic E-state index is -0.977. The Balaban J connectivity index is 1.89. The van der Waals surface area contributed by atoms with Crippen molar-refractivity contribution in [1.82, 2.24) is 5.32 Å². The molecular formula is C12H15NO3. The van der Waals surface area contributed by atoms with Crippen LogP contribution < -0.4 is 5.32 Å². The van der Waals surface area contributed by atoms with E-state index in [1.165, 1.54) is 0 Å². The van der Waals surface area contributed by atoms with Gasteiger partial charge < -0.3 is 9.47 Å². The molecule has 0 saturated carbocycles. The summed E-state index contributed by atoms with van der Waals surface area (Å²) in [5.74, 6) is -0.367. The van der Waals surface area contributed by atoms with Crippen LogP contribution in [0.5, 0.6) is 0 Å². The van der Waals surface area contributed by atoms with Crippen molar-refractivity contribution in [2.24, 2.45) is 0 Å². The van der Waals surface area contributed by atoms with Crippen molar-refractivity contribution in [1.29, 1.82) is 0 Å². The first-order chi connectivity index (χ1) is 7.71. The van der Waals surface area contributed by atoms with Crippen LogP contribution in [0.2, 0.25) is 0 Å². The second kappa shape index (κ2) is 4.63. The molecule has 0 unspecified atom stereocenters. The maximum Gasteiger partial charge on any atom is 0.353 e. The number of nitrogens with one attached hydrogen (secondary N) is 1. The Morgan fingerprint density at radius 2 is 2.25 bits per heavy atom. The van der Waals surface area contributed by atoms with Crippen LogP contribution in [0.4, 0.5) is 0 Å².